The lowest BCUT2D eigenvalue weighted by Crippen LogP contribution is -2.49. The first kappa shape index (κ1) is 12.4. The maximum Gasteiger partial charge on any atom is 0.0367 e. The van der Waals surface area contributed by atoms with Crippen molar-refractivity contribution in [1.29, 1.82) is 0 Å². The Labute approximate surface area is 105 Å². The molecule has 0 saturated carbocycles. The number of hydrogen-bond acceptors (Lipinski definition) is 2. The fourth-order valence-electron chi connectivity index (χ4n) is 2.34. The normalized spacial score (nSPS) is 21.6. The molecule has 2 nitrogen and oxygen atoms in total. The van der Waals surface area contributed by atoms with Crippen molar-refractivity contribution in [2.24, 2.45) is 0 Å². The van der Waals surface area contributed by atoms with Crippen LogP contribution in [0.25, 0.3) is 0 Å². The van der Waals surface area contributed by atoms with E-state index in [1.54, 1.807) is 0 Å². The minimum Gasteiger partial charge on any atom is -0.369 e. The molecule has 1 N–H and O–H groups in total. The van der Waals surface area contributed by atoms with Crippen molar-refractivity contribution < 1.29 is 0 Å². The molecule has 1 saturated heterocycles. The average molecular weight is 232 g/mol. The van der Waals surface area contributed by atoms with Crippen molar-refractivity contribution in [3.05, 3.63) is 29.8 Å². The summed E-state index contributed by atoms with van der Waals surface area (Å²) >= 11 is 0. The highest BCUT2D eigenvalue weighted by Crippen LogP contribution is 2.25. The van der Waals surface area contributed by atoms with Gasteiger partial charge in [-0.1, -0.05) is 32.9 Å². The Bertz CT molecular complexity index is 362. The molecule has 0 aromatic heterocycles. The van der Waals surface area contributed by atoms with Crippen LogP contribution in [0.15, 0.2) is 24.3 Å². The molecule has 2 heteroatoms. The molecule has 1 atom stereocenters. The molecular formula is C15H24N2. The van der Waals surface area contributed by atoms with Gasteiger partial charge in [-0.05, 0) is 30.0 Å². The van der Waals surface area contributed by atoms with Gasteiger partial charge in [0.05, 0.1) is 0 Å². The molecule has 0 bridgehead atoms. The van der Waals surface area contributed by atoms with Gasteiger partial charge in [-0.25, -0.2) is 0 Å². The minimum atomic E-state index is 0.245. The fourth-order valence-corrected chi connectivity index (χ4v) is 2.34. The van der Waals surface area contributed by atoms with Gasteiger partial charge in [0.25, 0.3) is 0 Å². The predicted octanol–water partition coefficient (Wildman–Crippen LogP) is 2.78. The first-order chi connectivity index (χ1) is 7.97. The molecule has 2 rings (SSSR count). The van der Waals surface area contributed by atoms with Crippen molar-refractivity contribution in [2.45, 2.75) is 39.2 Å². The molecule has 1 unspecified atom stereocenters. The zero-order chi connectivity index (χ0) is 12.5. The van der Waals surface area contributed by atoms with Gasteiger partial charge in [-0.15, -0.1) is 0 Å². The first-order valence-electron chi connectivity index (χ1n) is 6.56. The van der Waals surface area contributed by atoms with E-state index in [9.17, 15) is 0 Å². The maximum absolute atomic E-state index is 3.48. The molecule has 17 heavy (non-hydrogen) atoms. The summed E-state index contributed by atoms with van der Waals surface area (Å²) in [5, 5.41) is 3.48. The van der Waals surface area contributed by atoms with Gasteiger partial charge in [-0.3, -0.25) is 0 Å². The molecule has 1 aromatic carbocycles. The fraction of sp³-hybridized carbons (Fsp3) is 0.600. The van der Waals surface area contributed by atoms with E-state index < -0.39 is 0 Å². The van der Waals surface area contributed by atoms with Crippen LogP contribution in [0.4, 0.5) is 5.69 Å². The molecule has 1 aromatic rings. The molecule has 0 aliphatic carbocycles. The third-order valence-electron chi connectivity index (χ3n) is 3.47. The summed E-state index contributed by atoms with van der Waals surface area (Å²) in [5.41, 5.74) is 3.01. The van der Waals surface area contributed by atoms with E-state index in [1.165, 1.54) is 11.3 Å². The van der Waals surface area contributed by atoms with E-state index in [2.05, 4.69) is 62.2 Å². The molecule has 1 aliphatic heterocycles. The van der Waals surface area contributed by atoms with Crippen LogP contribution in [0, 0.1) is 0 Å². The van der Waals surface area contributed by atoms with E-state index in [1.807, 2.05) is 0 Å². The second kappa shape index (κ2) is 4.69. The number of nitrogens with one attached hydrogen (secondary N) is 1. The van der Waals surface area contributed by atoms with Crippen molar-refractivity contribution in [3.8, 4) is 0 Å². The van der Waals surface area contributed by atoms with Crippen molar-refractivity contribution in [2.75, 3.05) is 24.5 Å². The number of anilines is 1. The largest absolute Gasteiger partial charge is 0.369 e. The molecule has 1 fully saturated rings. The van der Waals surface area contributed by atoms with Crippen LogP contribution in [0.3, 0.4) is 0 Å². The molecular weight excluding hydrogens is 208 g/mol. The average Bonchev–Trinajstić information content (AvgIpc) is 2.28. The highest BCUT2D eigenvalue weighted by molar-refractivity contribution is 5.49. The lowest BCUT2D eigenvalue weighted by molar-refractivity contribution is 0.484. The molecule has 1 aliphatic rings. The number of hydrogen-bond donors (Lipinski definition) is 1. The summed E-state index contributed by atoms with van der Waals surface area (Å²) in [5.74, 6) is 0. The Hall–Kier alpha value is -1.02. The van der Waals surface area contributed by atoms with Gasteiger partial charge in [-0.2, -0.15) is 0 Å². The smallest absolute Gasteiger partial charge is 0.0367 e. The third kappa shape index (κ3) is 3.01. The molecule has 0 spiro atoms. The lowest BCUT2D eigenvalue weighted by atomic mass is 9.87. The summed E-state index contributed by atoms with van der Waals surface area (Å²) in [6.07, 6.45) is 0. The quantitative estimate of drug-likeness (QED) is 0.801. The Morgan fingerprint density at radius 3 is 2.35 bits per heavy atom. The zero-order valence-electron chi connectivity index (χ0n) is 11.5. The highest BCUT2D eigenvalue weighted by atomic mass is 15.2. The zero-order valence-corrected chi connectivity index (χ0v) is 11.5. The standard InChI is InChI=1S/C15H24N2/c1-12-11-17(10-9-16-12)14-7-5-13(6-8-14)15(2,3)4/h5-8,12,16H,9-11H2,1-4H3. The molecule has 0 radical (unpaired) electrons. The van der Waals surface area contributed by atoms with E-state index in [0.29, 0.717) is 6.04 Å². The van der Waals surface area contributed by atoms with Crippen LogP contribution in [-0.4, -0.2) is 25.7 Å². The third-order valence-corrected chi connectivity index (χ3v) is 3.47. The lowest BCUT2D eigenvalue weighted by Gasteiger charge is -2.34. The van der Waals surface area contributed by atoms with Gasteiger partial charge in [0.15, 0.2) is 0 Å². The Balaban J connectivity index is 2.12. The van der Waals surface area contributed by atoms with E-state index in [-0.39, 0.29) is 5.41 Å². The number of piperazine rings is 1. The number of rotatable bonds is 1. The summed E-state index contributed by atoms with van der Waals surface area (Å²) in [4.78, 5) is 2.47. The second-order valence-electron chi connectivity index (χ2n) is 6.10. The number of nitrogens with zero attached hydrogens (tertiary/aromatic N) is 1. The van der Waals surface area contributed by atoms with E-state index in [0.717, 1.165) is 19.6 Å². The Morgan fingerprint density at radius 2 is 1.82 bits per heavy atom. The van der Waals surface area contributed by atoms with Crippen LogP contribution in [0.5, 0.6) is 0 Å². The van der Waals surface area contributed by atoms with Crippen LogP contribution < -0.4 is 10.2 Å². The van der Waals surface area contributed by atoms with E-state index >= 15 is 0 Å². The SMILES string of the molecule is CC1CN(c2ccc(C(C)(C)C)cc2)CCN1. The summed E-state index contributed by atoms with van der Waals surface area (Å²) < 4.78 is 0. The van der Waals surface area contributed by atoms with Crippen molar-refractivity contribution in [3.63, 3.8) is 0 Å². The van der Waals surface area contributed by atoms with Gasteiger partial charge >= 0.3 is 0 Å². The van der Waals surface area contributed by atoms with Gasteiger partial charge in [0.1, 0.15) is 0 Å². The molecule has 94 valence electrons. The van der Waals surface area contributed by atoms with Gasteiger partial charge < -0.3 is 10.2 Å². The van der Waals surface area contributed by atoms with Crippen LogP contribution in [-0.2, 0) is 5.41 Å². The van der Waals surface area contributed by atoms with Crippen LogP contribution >= 0.6 is 0 Å². The first-order valence-corrected chi connectivity index (χ1v) is 6.56. The van der Waals surface area contributed by atoms with Crippen molar-refractivity contribution >= 4 is 5.69 Å². The summed E-state index contributed by atoms with van der Waals surface area (Å²) in [6.45, 7) is 12.3. The predicted molar refractivity (Wildman–Crippen MR) is 74.8 cm³/mol. The minimum absolute atomic E-state index is 0.245. The Morgan fingerprint density at radius 1 is 1.18 bits per heavy atom. The van der Waals surface area contributed by atoms with Crippen LogP contribution in [0.1, 0.15) is 33.3 Å². The summed E-state index contributed by atoms with van der Waals surface area (Å²) in [6, 6.07) is 9.65. The number of benzene rings is 1. The van der Waals surface area contributed by atoms with E-state index in [4.69, 9.17) is 0 Å². The molecule has 0 amide bonds. The van der Waals surface area contributed by atoms with Gasteiger partial charge in [0.2, 0.25) is 0 Å². The van der Waals surface area contributed by atoms with Crippen molar-refractivity contribution in [1.82, 2.24) is 5.32 Å². The topological polar surface area (TPSA) is 15.3 Å². The Kier molecular flexibility index (Phi) is 3.43. The van der Waals surface area contributed by atoms with Gasteiger partial charge in [0, 0.05) is 31.4 Å². The van der Waals surface area contributed by atoms with Crippen LogP contribution in [0.2, 0.25) is 0 Å². The molecule has 1 heterocycles. The monoisotopic (exact) mass is 232 g/mol. The second-order valence-corrected chi connectivity index (χ2v) is 6.10. The maximum atomic E-state index is 3.48. The summed E-state index contributed by atoms with van der Waals surface area (Å²) in [7, 11) is 0. The highest BCUT2D eigenvalue weighted by Gasteiger charge is 2.17.